The van der Waals surface area contributed by atoms with Gasteiger partial charge in [0.15, 0.2) is 0 Å². The van der Waals surface area contributed by atoms with Crippen molar-refractivity contribution in [1.29, 1.82) is 0 Å². The van der Waals surface area contributed by atoms with Crippen LogP contribution < -0.4 is 5.32 Å². The monoisotopic (exact) mass is 275 g/mol. The minimum Gasteiger partial charge on any atom is -0.376 e. The molecule has 0 bridgehead atoms. The smallest absolute Gasteiger partial charge is 0.0753 e. The van der Waals surface area contributed by atoms with E-state index in [-0.39, 0.29) is 0 Å². The molecular weight excluding hydrogens is 246 g/mol. The molecule has 1 aliphatic rings. The summed E-state index contributed by atoms with van der Waals surface area (Å²) in [5.41, 5.74) is 1.41. The summed E-state index contributed by atoms with van der Waals surface area (Å²) in [6.45, 7) is 5.56. The number of hydrogen-bond donors (Lipinski definition) is 1. The van der Waals surface area contributed by atoms with Crippen LogP contribution in [-0.2, 0) is 11.2 Å². The molecule has 0 radical (unpaired) electrons. The van der Waals surface area contributed by atoms with E-state index in [9.17, 15) is 0 Å². The average Bonchev–Trinajstić information content (AvgIpc) is 2.45. The second-order valence-corrected chi connectivity index (χ2v) is 6.37. The zero-order valence-electron chi connectivity index (χ0n) is 13.1. The summed E-state index contributed by atoms with van der Waals surface area (Å²) < 4.78 is 6.21. The zero-order chi connectivity index (χ0) is 14.4. The highest BCUT2D eigenvalue weighted by molar-refractivity contribution is 5.14. The number of likely N-dealkylation sites (N-methyl/N-ethyl adjacent to an activating group) is 1. The molecule has 0 aliphatic heterocycles. The lowest BCUT2D eigenvalue weighted by molar-refractivity contribution is -0.0366. The lowest BCUT2D eigenvalue weighted by atomic mass is 9.78. The predicted molar refractivity (Wildman–Crippen MR) is 84.9 cm³/mol. The van der Waals surface area contributed by atoms with Crippen molar-refractivity contribution in [3.63, 3.8) is 0 Å². The van der Waals surface area contributed by atoms with E-state index < -0.39 is 0 Å². The molecule has 2 nitrogen and oxygen atoms in total. The van der Waals surface area contributed by atoms with Gasteiger partial charge >= 0.3 is 0 Å². The van der Waals surface area contributed by atoms with Gasteiger partial charge in [-0.3, -0.25) is 0 Å². The Hall–Kier alpha value is -0.860. The highest BCUT2D eigenvalue weighted by Gasteiger charge is 2.33. The van der Waals surface area contributed by atoms with Gasteiger partial charge in [-0.05, 0) is 50.1 Å². The van der Waals surface area contributed by atoms with Crippen molar-refractivity contribution in [3.8, 4) is 0 Å². The minimum atomic E-state index is 0.381. The van der Waals surface area contributed by atoms with E-state index in [0.717, 1.165) is 25.4 Å². The van der Waals surface area contributed by atoms with E-state index in [4.69, 9.17) is 4.74 Å². The fraction of sp³-hybridized carbons (Fsp3) is 0.667. The van der Waals surface area contributed by atoms with Crippen molar-refractivity contribution in [2.24, 2.45) is 11.8 Å². The summed E-state index contributed by atoms with van der Waals surface area (Å²) in [5.74, 6) is 1.47. The Bertz CT molecular complexity index is 378. The van der Waals surface area contributed by atoms with Crippen LogP contribution in [0.25, 0.3) is 0 Å². The normalized spacial score (nSPS) is 30.4. The highest BCUT2D eigenvalue weighted by atomic mass is 16.5. The standard InChI is InChI=1S/C18H29NO/c1-14-12-15(2)18(17(13-14)19-3)20-11-7-10-16-8-5-4-6-9-16/h4-6,8-9,14-15,17-19H,7,10-13H2,1-3H3. The van der Waals surface area contributed by atoms with Crippen molar-refractivity contribution in [1.82, 2.24) is 5.32 Å². The molecule has 0 spiro atoms. The van der Waals surface area contributed by atoms with Crippen molar-refractivity contribution in [2.45, 2.75) is 51.7 Å². The van der Waals surface area contributed by atoms with E-state index in [1.165, 1.54) is 18.4 Å². The van der Waals surface area contributed by atoms with Gasteiger partial charge in [0.25, 0.3) is 0 Å². The Morgan fingerprint density at radius 3 is 2.60 bits per heavy atom. The second kappa shape index (κ2) is 7.80. The van der Waals surface area contributed by atoms with Crippen LogP contribution in [0.3, 0.4) is 0 Å². The summed E-state index contributed by atoms with van der Waals surface area (Å²) in [4.78, 5) is 0. The lowest BCUT2D eigenvalue weighted by Gasteiger charge is -2.39. The first-order valence-electron chi connectivity index (χ1n) is 8.03. The van der Waals surface area contributed by atoms with E-state index in [1.54, 1.807) is 0 Å². The van der Waals surface area contributed by atoms with Crippen LogP contribution in [-0.4, -0.2) is 25.8 Å². The van der Waals surface area contributed by atoms with Gasteiger partial charge in [-0.2, -0.15) is 0 Å². The third-order valence-corrected chi connectivity index (χ3v) is 4.52. The molecule has 1 aromatic carbocycles. The Morgan fingerprint density at radius 2 is 1.90 bits per heavy atom. The summed E-state index contributed by atoms with van der Waals surface area (Å²) in [5, 5.41) is 3.45. The van der Waals surface area contributed by atoms with E-state index in [0.29, 0.717) is 18.1 Å². The van der Waals surface area contributed by atoms with Gasteiger partial charge in [0.1, 0.15) is 0 Å². The molecule has 1 aliphatic carbocycles. The van der Waals surface area contributed by atoms with Crippen LogP contribution >= 0.6 is 0 Å². The van der Waals surface area contributed by atoms with Crippen molar-refractivity contribution >= 4 is 0 Å². The van der Waals surface area contributed by atoms with Gasteiger partial charge in [-0.25, -0.2) is 0 Å². The van der Waals surface area contributed by atoms with Crippen LogP contribution in [0.5, 0.6) is 0 Å². The van der Waals surface area contributed by atoms with Crippen LogP contribution in [0.4, 0.5) is 0 Å². The molecule has 1 N–H and O–H groups in total. The molecule has 2 rings (SSSR count). The van der Waals surface area contributed by atoms with Crippen LogP contribution in [0.1, 0.15) is 38.7 Å². The molecule has 20 heavy (non-hydrogen) atoms. The Morgan fingerprint density at radius 1 is 1.15 bits per heavy atom. The first-order valence-corrected chi connectivity index (χ1v) is 8.03. The zero-order valence-corrected chi connectivity index (χ0v) is 13.1. The van der Waals surface area contributed by atoms with Crippen molar-refractivity contribution < 1.29 is 4.74 Å². The molecule has 112 valence electrons. The molecule has 4 atom stereocenters. The van der Waals surface area contributed by atoms with Gasteiger partial charge in [-0.15, -0.1) is 0 Å². The highest BCUT2D eigenvalue weighted by Crippen LogP contribution is 2.31. The Labute approximate surface area is 123 Å². The van der Waals surface area contributed by atoms with Gasteiger partial charge in [0.05, 0.1) is 6.10 Å². The average molecular weight is 275 g/mol. The topological polar surface area (TPSA) is 21.3 Å². The minimum absolute atomic E-state index is 0.381. The second-order valence-electron chi connectivity index (χ2n) is 6.37. The number of aryl methyl sites for hydroxylation is 1. The van der Waals surface area contributed by atoms with Crippen LogP contribution in [0.15, 0.2) is 30.3 Å². The third kappa shape index (κ3) is 4.32. The molecule has 0 saturated heterocycles. The van der Waals surface area contributed by atoms with Crippen LogP contribution in [0, 0.1) is 11.8 Å². The number of rotatable bonds is 6. The maximum absolute atomic E-state index is 6.21. The quantitative estimate of drug-likeness (QED) is 0.800. The van der Waals surface area contributed by atoms with Crippen molar-refractivity contribution in [2.75, 3.05) is 13.7 Å². The molecule has 1 fully saturated rings. The summed E-state index contributed by atoms with van der Waals surface area (Å²) in [6.07, 6.45) is 5.14. The number of ether oxygens (including phenoxy) is 1. The molecule has 2 heteroatoms. The first-order chi connectivity index (χ1) is 9.70. The van der Waals surface area contributed by atoms with Crippen molar-refractivity contribution in [3.05, 3.63) is 35.9 Å². The molecule has 1 saturated carbocycles. The first kappa shape index (κ1) is 15.5. The number of nitrogens with one attached hydrogen (secondary N) is 1. The maximum Gasteiger partial charge on any atom is 0.0753 e. The fourth-order valence-corrected chi connectivity index (χ4v) is 3.53. The molecule has 0 heterocycles. The van der Waals surface area contributed by atoms with Crippen LogP contribution in [0.2, 0.25) is 0 Å². The largest absolute Gasteiger partial charge is 0.376 e. The van der Waals surface area contributed by atoms with E-state index in [1.807, 2.05) is 0 Å². The van der Waals surface area contributed by atoms with Gasteiger partial charge in [-0.1, -0.05) is 44.2 Å². The SMILES string of the molecule is CNC1CC(C)CC(C)C1OCCCc1ccccc1. The van der Waals surface area contributed by atoms with E-state index in [2.05, 4.69) is 56.5 Å². The predicted octanol–water partition coefficient (Wildman–Crippen LogP) is 3.66. The van der Waals surface area contributed by atoms with E-state index >= 15 is 0 Å². The lowest BCUT2D eigenvalue weighted by Crippen LogP contribution is -2.48. The third-order valence-electron chi connectivity index (χ3n) is 4.52. The Kier molecular flexibility index (Phi) is 6.06. The molecule has 4 unspecified atom stereocenters. The number of hydrogen-bond acceptors (Lipinski definition) is 2. The van der Waals surface area contributed by atoms with Gasteiger partial charge in [0, 0.05) is 12.6 Å². The summed E-state index contributed by atoms with van der Waals surface area (Å²) >= 11 is 0. The fourth-order valence-electron chi connectivity index (χ4n) is 3.53. The van der Waals surface area contributed by atoms with Gasteiger partial charge < -0.3 is 10.1 Å². The molecular formula is C18H29NO. The summed E-state index contributed by atoms with van der Waals surface area (Å²) in [6, 6.07) is 11.2. The molecule has 1 aromatic rings. The van der Waals surface area contributed by atoms with Gasteiger partial charge in [0.2, 0.25) is 0 Å². The molecule has 0 aromatic heterocycles. The molecule has 0 amide bonds. The summed E-state index contributed by atoms with van der Waals surface area (Å²) in [7, 11) is 2.07. The number of benzene rings is 1. The maximum atomic E-state index is 6.21. The Balaban J connectivity index is 1.74.